The molecule has 2 aliphatic rings. The molecule has 7 rings (SSSR count). The third-order valence-corrected chi connectivity index (χ3v) is 8.54. The lowest BCUT2D eigenvalue weighted by atomic mass is 9.88. The van der Waals surface area contributed by atoms with E-state index in [4.69, 9.17) is 4.74 Å². The molecule has 43 heavy (non-hydrogen) atoms. The summed E-state index contributed by atoms with van der Waals surface area (Å²) in [7, 11) is 0. The Morgan fingerprint density at radius 2 is 1.98 bits per heavy atom. The van der Waals surface area contributed by atoms with Gasteiger partial charge in [-0.15, -0.1) is 15.3 Å². The molecule has 2 atom stereocenters. The van der Waals surface area contributed by atoms with Gasteiger partial charge in [0.2, 0.25) is 5.65 Å². The Morgan fingerprint density at radius 3 is 2.79 bits per heavy atom. The first-order valence-corrected chi connectivity index (χ1v) is 14.6. The molecule has 0 saturated carbocycles. The average Bonchev–Trinajstić information content (AvgIpc) is 3.75. The first-order valence-electron chi connectivity index (χ1n) is 14.6. The molecule has 0 radical (unpaired) electrons. The van der Waals surface area contributed by atoms with Crippen molar-refractivity contribution in [3.8, 4) is 5.75 Å². The van der Waals surface area contributed by atoms with E-state index in [0.29, 0.717) is 30.2 Å². The summed E-state index contributed by atoms with van der Waals surface area (Å²) in [6.45, 7) is 6.64. The zero-order chi connectivity index (χ0) is 29.6. The number of rotatable bonds is 8. The van der Waals surface area contributed by atoms with Gasteiger partial charge in [-0.3, -0.25) is 4.40 Å². The zero-order valence-electron chi connectivity index (χ0n) is 24.2. The summed E-state index contributed by atoms with van der Waals surface area (Å²) in [6, 6.07) is 12.0. The number of nitrogens with zero attached hydrogens (tertiary/aromatic N) is 9. The van der Waals surface area contributed by atoms with E-state index >= 15 is 0 Å². The molecule has 2 fully saturated rings. The van der Waals surface area contributed by atoms with Gasteiger partial charge >= 0.3 is 6.03 Å². The largest absolute Gasteiger partial charge is 0.491 e. The first kappa shape index (κ1) is 27.1. The molecular formula is C30H34N10O3. The summed E-state index contributed by atoms with van der Waals surface area (Å²) >= 11 is 0. The van der Waals surface area contributed by atoms with Crippen molar-refractivity contribution in [1.82, 2.24) is 44.4 Å². The van der Waals surface area contributed by atoms with Gasteiger partial charge in [-0.05, 0) is 37.0 Å². The number of benzene rings is 1. The molecule has 2 amide bonds. The van der Waals surface area contributed by atoms with Crippen LogP contribution in [0.25, 0.3) is 11.3 Å². The molecule has 1 aromatic carbocycles. The molecule has 0 aliphatic carbocycles. The van der Waals surface area contributed by atoms with Crippen molar-refractivity contribution in [2.75, 3.05) is 37.7 Å². The number of fused-ring (bicyclic) bond motifs is 2. The monoisotopic (exact) mass is 582 g/mol. The normalized spacial score (nSPS) is 18.0. The molecule has 6 heterocycles. The standard InChI is InChI=1S/C30H34N10O3/c1-20-14-23(43-17-21(2)22-6-4-3-5-7-22)15-40-26(20)33-25(36-40)24(41)16-39-18-30(34-29(39)42)8-11-37(12-9-30)27-28-35-32-19-38(28)13-10-31-27/h3-7,10,13-15,19,21,24,41H,8-9,11-12,16-18H2,1-2H3,(H,34,42)/t21-,24?/m0/s1. The Labute approximate surface area is 248 Å². The van der Waals surface area contributed by atoms with Crippen molar-refractivity contribution in [1.29, 1.82) is 0 Å². The van der Waals surface area contributed by atoms with E-state index in [1.54, 1.807) is 28.1 Å². The van der Waals surface area contributed by atoms with E-state index in [-0.39, 0.29) is 29.9 Å². The van der Waals surface area contributed by atoms with E-state index < -0.39 is 6.10 Å². The van der Waals surface area contributed by atoms with Crippen LogP contribution in [0.2, 0.25) is 0 Å². The van der Waals surface area contributed by atoms with Crippen LogP contribution >= 0.6 is 0 Å². The highest BCUT2D eigenvalue weighted by molar-refractivity contribution is 5.78. The van der Waals surface area contributed by atoms with Crippen molar-refractivity contribution in [2.24, 2.45) is 0 Å². The molecule has 1 unspecified atom stereocenters. The van der Waals surface area contributed by atoms with Crippen LogP contribution < -0.4 is 15.0 Å². The van der Waals surface area contributed by atoms with Crippen LogP contribution in [0.1, 0.15) is 48.7 Å². The molecule has 2 saturated heterocycles. The van der Waals surface area contributed by atoms with Gasteiger partial charge in [-0.25, -0.2) is 19.3 Å². The summed E-state index contributed by atoms with van der Waals surface area (Å²) in [4.78, 5) is 26.0. The number of aromatic nitrogens is 7. The second kappa shape index (κ2) is 10.8. The van der Waals surface area contributed by atoms with Gasteiger partial charge in [0.05, 0.1) is 24.9 Å². The van der Waals surface area contributed by atoms with Crippen molar-refractivity contribution < 1.29 is 14.6 Å². The van der Waals surface area contributed by atoms with E-state index in [0.717, 1.165) is 37.3 Å². The number of nitrogens with one attached hydrogen (secondary N) is 1. The summed E-state index contributed by atoms with van der Waals surface area (Å²) in [5, 5.41) is 27.0. The van der Waals surface area contributed by atoms with Crippen LogP contribution in [0.4, 0.5) is 10.6 Å². The molecule has 1 spiro atoms. The number of carbonyl (C=O) groups is 1. The summed E-state index contributed by atoms with van der Waals surface area (Å²) in [6.07, 6.45) is 7.47. The van der Waals surface area contributed by atoms with Gasteiger partial charge in [0.15, 0.2) is 17.3 Å². The van der Waals surface area contributed by atoms with Gasteiger partial charge in [0.1, 0.15) is 18.2 Å². The molecule has 0 bridgehead atoms. The molecule has 2 aliphatic heterocycles. The molecule has 4 aromatic heterocycles. The number of anilines is 1. The second-order valence-corrected chi connectivity index (χ2v) is 11.6. The number of urea groups is 1. The molecule has 5 aromatic rings. The number of carbonyl (C=O) groups excluding carboxylic acids is 1. The van der Waals surface area contributed by atoms with E-state index in [1.165, 1.54) is 5.56 Å². The van der Waals surface area contributed by atoms with E-state index in [9.17, 15) is 9.90 Å². The summed E-state index contributed by atoms with van der Waals surface area (Å²) < 4.78 is 9.58. The average molecular weight is 583 g/mol. The van der Waals surface area contributed by atoms with E-state index in [1.807, 2.05) is 41.8 Å². The lowest BCUT2D eigenvalue weighted by molar-refractivity contribution is 0.121. The molecular weight excluding hydrogens is 548 g/mol. The number of aryl methyl sites for hydroxylation is 1. The number of hydrogen-bond donors (Lipinski definition) is 2. The Hall–Kier alpha value is -4.78. The number of β-amino-alcohol motifs (C(OH)–C–C–N with tert-alkyl or cyclic N) is 1. The predicted molar refractivity (Wildman–Crippen MR) is 158 cm³/mol. The number of aliphatic hydroxyl groups excluding tert-OH is 1. The fourth-order valence-electron chi connectivity index (χ4n) is 6.07. The maximum Gasteiger partial charge on any atom is 0.318 e. The van der Waals surface area contributed by atoms with Crippen LogP contribution in [0.15, 0.2) is 61.3 Å². The Kier molecular flexibility index (Phi) is 6.80. The topological polar surface area (TPSA) is 138 Å². The van der Waals surface area contributed by atoms with Gasteiger partial charge in [0, 0.05) is 37.9 Å². The molecule has 13 nitrogen and oxygen atoms in total. The Morgan fingerprint density at radius 1 is 1.16 bits per heavy atom. The van der Waals surface area contributed by atoms with Crippen LogP contribution in [0, 0.1) is 6.92 Å². The van der Waals surface area contributed by atoms with Crippen LogP contribution in [-0.2, 0) is 0 Å². The summed E-state index contributed by atoms with van der Waals surface area (Å²) in [5.41, 5.74) is 3.10. The zero-order valence-corrected chi connectivity index (χ0v) is 24.2. The minimum absolute atomic E-state index is 0.103. The molecule has 222 valence electrons. The second-order valence-electron chi connectivity index (χ2n) is 11.6. The highest BCUT2D eigenvalue weighted by Crippen LogP contribution is 2.32. The fraction of sp³-hybridized carbons (Fsp3) is 0.400. The third-order valence-electron chi connectivity index (χ3n) is 8.54. The van der Waals surface area contributed by atoms with Gasteiger partial charge in [-0.2, -0.15) is 0 Å². The predicted octanol–water partition coefficient (Wildman–Crippen LogP) is 2.76. The van der Waals surface area contributed by atoms with Gasteiger partial charge in [-0.1, -0.05) is 37.3 Å². The number of amides is 2. The maximum absolute atomic E-state index is 13.0. The molecule has 13 heteroatoms. The lowest BCUT2D eigenvalue weighted by Crippen LogP contribution is -2.52. The van der Waals surface area contributed by atoms with Crippen molar-refractivity contribution in [2.45, 2.75) is 44.2 Å². The number of ether oxygens (including phenoxy) is 1. The number of aliphatic hydroxyl groups is 1. The first-order chi connectivity index (χ1) is 20.9. The number of hydrogen-bond acceptors (Lipinski definition) is 9. The summed E-state index contributed by atoms with van der Waals surface area (Å²) in [5.74, 6) is 1.97. The highest BCUT2D eigenvalue weighted by Gasteiger charge is 2.45. The third kappa shape index (κ3) is 5.20. The Bertz CT molecular complexity index is 1760. The van der Waals surface area contributed by atoms with Crippen molar-refractivity contribution >= 4 is 23.1 Å². The Balaban J connectivity index is 0.988. The quantitative estimate of drug-likeness (QED) is 0.283. The van der Waals surface area contributed by atoms with Gasteiger partial charge in [0.25, 0.3) is 0 Å². The minimum atomic E-state index is -1.03. The SMILES string of the molecule is Cc1cc(OC[C@H](C)c2ccccc2)cn2nc(C(O)CN3CC4(CCN(c5nccn6cnnc56)CC4)NC3=O)nc12. The van der Waals surface area contributed by atoms with Gasteiger partial charge < -0.3 is 25.0 Å². The smallest absolute Gasteiger partial charge is 0.318 e. The van der Waals surface area contributed by atoms with E-state index in [2.05, 4.69) is 54.5 Å². The molecule has 2 N–H and O–H groups in total. The van der Waals surface area contributed by atoms with Crippen LogP contribution in [0.5, 0.6) is 5.75 Å². The maximum atomic E-state index is 13.0. The minimum Gasteiger partial charge on any atom is -0.491 e. The van der Waals surface area contributed by atoms with Crippen LogP contribution in [0.3, 0.4) is 0 Å². The number of pyridine rings is 1. The van der Waals surface area contributed by atoms with Crippen LogP contribution in [-0.4, -0.2) is 88.5 Å². The van der Waals surface area contributed by atoms with Crippen molar-refractivity contribution in [3.63, 3.8) is 0 Å². The lowest BCUT2D eigenvalue weighted by Gasteiger charge is -2.39. The van der Waals surface area contributed by atoms with Crippen molar-refractivity contribution in [3.05, 3.63) is 78.3 Å². The fourth-order valence-corrected chi connectivity index (χ4v) is 6.07. The highest BCUT2D eigenvalue weighted by atomic mass is 16.5. The number of piperidine rings is 1.